The lowest BCUT2D eigenvalue weighted by Crippen LogP contribution is -2.37. The third kappa shape index (κ3) is 3.50. The maximum absolute atomic E-state index is 12.2. The number of nitrogens with one attached hydrogen (secondary N) is 1. The Kier molecular flexibility index (Phi) is 4.63. The van der Waals surface area contributed by atoms with E-state index < -0.39 is 0 Å². The smallest absolute Gasteiger partial charge is 0.255 e. The molecule has 1 aromatic rings. The van der Waals surface area contributed by atoms with E-state index in [9.17, 15) is 4.79 Å². The van der Waals surface area contributed by atoms with Gasteiger partial charge >= 0.3 is 0 Å². The molecule has 1 aliphatic carbocycles. The average molecular weight is 275 g/mol. The van der Waals surface area contributed by atoms with Crippen molar-refractivity contribution in [3.63, 3.8) is 0 Å². The van der Waals surface area contributed by atoms with Gasteiger partial charge in [-0.1, -0.05) is 26.7 Å². The van der Waals surface area contributed by atoms with Crippen molar-refractivity contribution in [2.75, 3.05) is 12.3 Å². The molecular formula is C16H25N3O. The van der Waals surface area contributed by atoms with Crippen molar-refractivity contribution in [1.82, 2.24) is 10.3 Å². The van der Waals surface area contributed by atoms with E-state index in [0.717, 1.165) is 6.54 Å². The number of rotatable bonds is 5. The summed E-state index contributed by atoms with van der Waals surface area (Å²) in [4.78, 5) is 16.2. The van der Waals surface area contributed by atoms with Crippen molar-refractivity contribution in [3.05, 3.63) is 23.9 Å². The van der Waals surface area contributed by atoms with Crippen LogP contribution >= 0.6 is 0 Å². The molecular weight excluding hydrogens is 250 g/mol. The Morgan fingerprint density at radius 1 is 1.45 bits per heavy atom. The predicted octanol–water partition coefficient (Wildman–Crippen LogP) is 3.00. The zero-order chi connectivity index (χ0) is 14.6. The first kappa shape index (κ1) is 14.8. The zero-order valence-corrected chi connectivity index (χ0v) is 12.5. The Morgan fingerprint density at radius 3 is 2.75 bits per heavy atom. The van der Waals surface area contributed by atoms with Gasteiger partial charge in [0.2, 0.25) is 0 Å². The number of hydrogen-bond acceptors (Lipinski definition) is 3. The number of amides is 1. The second-order valence-corrected chi connectivity index (χ2v) is 6.42. The third-order valence-corrected chi connectivity index (χ3v) is 4.21. The first-order chi connectivity index (χ1) is 9.52. The summed E-state index contributed by atoms with van der Waals surface area (Å²) in [5.74, 6) is 0.855. The second kappa shape index (κ2) is 6.25. The van der Waals surface area contributed by atoms with Gasteiger partial charge in [0, 0.05) is 12.7 Å². The standard InChI is InChI=1S/C16H25N3O/c1-12(2)10-16(7-3-4-8-16)11-19-15(20)13-6-5-9-18-14(13)17/h5-6,9,12H,3-4,7-8,10-11H2,1-2H3,(H2,17,18)(H,19,20). The molecule has 0 aliphatic heterocycles. The number of aromatic nitrogens is 1. The fourth-order valence-corrected chi connectivity index (χ4v) is 3.42. The van der Waals surface area contributed by atoms with Crippen LogP contribution in [0, 0.1) is 11.3 Å². The van der Waals surface area contributed by atoms with Crippen molar-refractivity contribution >= 4 is 11.7 Å². The van der Waals surface area contributed by atoms with E-state index in [2.05, 4.69) is 24.1 Å². The number of nitrogens with zero attached hydrogens (tertiary/aromatic N) is 1. The van der Waals surface area contributed by atoms with Gasteiger partial charge in [0.1, 0.15) is 5.82 Å². The zero-order valence-electron chi connectivity index (χ0n) is 12.5. The number of hydrogen-bond donors (Lipinski definition) is 2. The highest BCUT2D eigenvalue weighted by molar-refractivity contribution is 5.98. The monoisotopic (exact) mass is 275 g/mol. The summed E-state index contributed by atoms with van der Waals surface area (Å²) < 4.78 is 0. The fraction of sp³-hybridized carbons (Fsp3) is 0.625. The summed E-state index contributed by atoms with van der Waals surface area (Å²) in [6, 6.07) is 3.46. The van der Waals surface area contributed by atoms with E-state index in [1.807, 2.05) is 0 Å². The molecule has 2 rings (SSSR count). The molecule has 0 saturated heterocycles. The van der Waals surface area contributed by atoms with Gasteiger partial charge in [0.15, 0.2) is 0 Å². The highest BCUT2D eigenvalue weighted by atomic mass is 16.1. The van der Waals surface area contributed by atoms with E-state index in [1.165, 1.54) is 32.1 Å². The van der Waals surface area contributed by atoms with Crippen LogP contribution in [0.2, 0.25) is 0 Å². The number of carbonyl (C=O) groups is 1. The van der Waals surface area contributed by atoms with Crippen LogP contribution < -0.4 is 11.1 Å². The van der Waals surface area contributed by atoms with Crippen LogP contribution in [0.25, 0.3) is 0 Å². The van der Waals surface area contributed by atoms with E-state index in [-0.39, 0.29) is 11.3 Å². The minimum Gasteiger partial charge on any atom is -0.383 e. The summed E-state index contributed by atoms with van der Waals surface area (Å²) in [7, 11) is 0. The number of nitrogens with two attached hydrogens (primary N) is 1. The summed E-state index contributed by atoms with van der Waals surface area (Å²) in [5.41, 5.74) is 6.50. The number of pyridine rings is 1. The first-order valence-electron chi connectivity index (χ1n) is 7.51. The lowest BCUT2D eigenvalue weighted by Gasteiger charge is -2.31. The quantitative estimate of drug-likeness (QED) is 0.868. The fourth-order valence-electron chi connectivity index (χ4n) is 3.42. The summed E-state index contributed by atoms with van der Waals surface area (Å²) in [6.45, 7) is 5.25. The van der Waals surface area contributed by atoms with Crippen LogP contribution in [0.1, 0.15) is 56.3 Å². The highest BCUT2D eigenvalue weighted by Crippen LogP contribution is 2.42. The molecule has 3 N–H and O–H groups in total. The van der Waals surface area contributed by atoms with Gasteiger partial charge in [-0.25, -0.2) is 4.98 Å². The van der Waals surface area contributed by atoms with Gasteiger partial charge in [0.25, 0.3) is 5.91 Å². The molecule has 0 spiro atoms. The lowest BCUT2D eigenvalue weighted by molar-refractivity contribution is 0.0922. The molecule has 0 unspecified atom stereocenters. The van der Waals surface area contributed by atoms with Gasteiger partial charge < -0.3 is 11.1 Å². The Hall–Kier alpha value is -1.58. The van der Waals surface area contributed by atoms with Crippen LogP contribution in [0.5, 0.6) is 0 Å². The minimum absolute atomic E-state index is 0.106. The topological polar surface area (TPSA) is 68.0 Å². The van der Waals surface area contributed by atoms with Crippen LogP contribution in [0.4, 0.5) is 5.82 Å². The Bertz CT molecular complexity index is 465. The van der Waals surface area contributed by atoms with Gasteiger partial charge in [-0.3, -0.25) is 4.79 Å². The largest absolute Gasteiger partial charge is 0.383 e. The van der Waals surface area contributed by atoms with Crippen LogP contribution in [0.15, 0.2) is 18.3 Å². The summed E-state index contributed by atoms with van der Waals surface area (Å²) in [6.07, 6.45) is 7.76. The molecule has 0 radical (unpaired) electrons. The van der Waals surface area contributed by atoms with Gasteiger partial charge in [-0.15, -0.1) is 0 Å². The SMILES string of the molecule is CC(C)CC1(CNC(=O)c2cccnc2N)CCCC1. The first-order valence-corrected chi connectivity index (χ1v) is 7.51. The minimum atomic E-state index is -0.106. The van der Waals surface area contributed by atoms with Crippen molar-refractivity contribution in [1.29, 1.82) is 0 Å². The number of anilines is 1. The summed E-state index contributed by atoms with van der Waals surface area (Å²) >= 11 is 0. The average Bonchev–Trinajstić information content (AvgIpc) is 2.84. The van der Waals surface area contributed by atoms with E-state index in [4.69, 9.17) is 5.73 Å². The van der Waals surface area contributed by atoms with Crippen molar-refractivity contribution < 1.29 is 4.79 Å². The van der Waals surface area contributed by atoms with Gasteiger partial charge in [-0.2, -0.15) is 0 Å². The van der Waals surface area contributed by atoms with E-state index in [0.29, 0.717) is 17.3 Å². The second-order valence-electron chi connectivity index (χ2n) is 6.42. The molecule has 1 aromatic heterocycles. The molecule has 0 bridgehead atoms. The van der Waals surface area contributed by atoms with E-state index >= 15 is 0 Å². The normalized spacial score (nSPS) is 17.4. The maximum Gasteiger partial charge on any atom is 0.255 e. The Morgan fingerprint density at radius 2 is 2.15 bits per heavy atom. The molecule has 0 aromatic carbocycles. The Balaban J connectivity index is 1.99. The Labute approximate surface area is 121 Å². The van der Waals surface area contributed by atoms with Crippen LogP contribution in [0.3, 0.4) is 0 Å². The molecule has 0 atom stereocenters. The molecule has 110 valence electrons. The number of nitrogen functional groups attached to an aromatic ring is 1. The molecule has 20 heavy (non-hydrogen) atoms. The lowest BCUT2D eigenvalue weighted by atomic mass is 9.78. The van der Waals surface area contributed by atoms with Gasteiger partial charge in [0.05, 0.1) is 5.56 Å². The van der Waals surface area contributed by atoms with Crippen LogP contribution in [-0.2, 0) is 0 Å². The van der Waals surface area contributed by atoms with Gasteiger partial charge in [-0.05, 0) is 42.7 Å². The molecule has 1 saturated carbocycles. The molecule has 4 nitrogen and oxygen atoms in total. The van der Waals surface area contributed by atoms with Crippen molar-refractivity contribution in [3.8, 4) is 0 Å². The molecule has 1 amide bonds. The molecule has 1 fully saturated rings. The maximum atomic E-state index is 12.2. The molecule has 4 heteroatoms. The van der Waals surface area contributed by atoms with Crippen LogP contribution in [-0.4, -0.2) is 17.4 Å². The van der Waals surface area contributed by atoms with E-state index in [1.54, 1.807) is 18.3 Å². The molecule has 1 aliphatic rings. The molecule has 1 heterocycles. The number of carbonyl (C=O) groups excluding carboxylic acids is 1. The van der Waals surface area contributed by atoms with Crippen molar-refractivity contribution in [2.45, 2.75) is 46.0 Å². The highest BCUT2D eigenvalue weighted by Gasteiger charge is 2.34. The summed E-state index contributed by atoms with van der Waals surface area (Å²) in [5, 5.41) is 3.07. The third-order valence-electron chi connectivity index (χ3n) is 4.21. The predicted molar refractivity (Wildman–Crippen MR) is 81.3 cm³/mol. The van der Waals surface area contributed by atoms with Crippen molar-refractivity contribution in [2.24, 2.45) is 11.3 Å².